The second-order valence-electron chi connectivity index (χ2n) is 6.71. The molecule has 0 unspecified atom stereocenters. The molecule has 0 amide bonds. The van der Waals surface area contributed by atoms with Gasteiger partial charge in [0.25, 0.3) is 0 Å². The molecule has 0 atom stereocenters. The molecule has 0 aliphatic carbocycles. The predicted molar refractivity (Wildman–Crippen MR) is 121 cm³/mol. The number of benzene rings is 3. The van der Waals surface area contributed by atoms with E-state index < -0.39 is 5.97 Å². The summed E-state index contributed by atoms with van der Waals surface area (Å²) in [6.07, 6.45) is 1.35. The van der Waals surface area contributed by atoms with Gasteiger partial charge in [-0.2, -0.15) is 0 Å². The molecule has 0 saturated heterocycles. The van der Waals surface area contributed by atoms with Crippen LogP contribution in [0.3, 0.4) is 0 Å². The zero-order chi connectivity index (χ0) is 22.8. The van der Waals surface area contributed by atoms with E-state index in [9.17, 15) is 4.79 Å². The smallest absolute Gasteiger partial charge is 0.307 e. The first kappa shape index (κ1) is 22.7. The molecule has 166 valence electrons. The summed E-state index contributed by atoms with van der Waals surface area (Å²) in [6.45, 7) is 2.31. The summed E-state index contributed by atoms with van der Waals surface area (Å²) in [7, 11) is 1.50. The third-order valence-corrected chi connectivity index (χ3v) is 4.26. The number of ether oxygens (including phenoxy) is 3. The summed E-state index contributed by atoms with van der Waals surface area (Å²) < 4.78 is 17.3. The molecule has 0 aromatic heterocycles. The Bertz CT molecular complexity index is 1070. The van der Waals surface area contributed by atoms with Crippen molar-refractivity contribution in [3.63, 3.8) is 0 Å². The minimum atomic E-state index is -0.933. The number of carboxylic acids is 1. The van der Waals surface area contributed by atoms with Crippen LogP contribution in [0.4, 0.5) is 0 Å². The molecular weight excluding hydrogens is 410 g/mol. The van der Waals surface area contributed by atoms with E-state index in [2.05, 4.69) is 5.48 Å². The van der Waals surface area contributed by atoms with E-state index in [1.165, 1.54) is 13.4 Å². The van der Waals surface area contributed by atoms with Gasteiger partial charge in [-0.1, -0.05) is 30.3 Å². The molecular formula is C25H25NO6. The Morgan fingerprint density at radius 3 is 2.41 bits per heavy atom. The molecule has 0 fully saturated rings. The van der Waals surface area contributed by atoms with Crippen LogP contribution in [0.15, 0.2) is 79.1 Å². The van der Waals surface area contributed by atoms with Crippen LogP contribution in [0.1, 0.15) is 18.1 Å². The zero-order valence-electron chi connectivity index (χ0n) is 17.9. The molecule has 7 heteroatoms. The lowest BCUT2D eigenvalue weighted by atomic mass is 10.1. The number of hydroxylamine groups is 1. The van der Waals surface area contributed by atoms with E-state index in [0.717, 1.165) is 11.3 Å². The average molecular weight is 435 g/mol. The lowest BCUT2D eigenvalue weighted by Gasteiger charge is -2.13. The largest absolute Gasteiger partial charge is 0.494 e. The van der Waals surface area contributed by atoms with Crippen LogP contribution in [-0.2, 0) is 16.1 Å². The van der Waals surface area contributed by atoms with Crippen LogP contribution in [-0.4, -0.2) is 24.8 Å². The first-order valence-corrected chi connectivity index (χ1v) is 10.0. The van der Waals surface area contributed by atoms with Crippen LogP contribution >= 0.6 is 0 Å². The predicted octanol–water partition coefficient (Wildman–Crippen LogP) is 5.03. The number of carboxylic acid groups (broad SMARTS) is 1. The Morgan fingerprint density at radius 2 is 1.69 bits per heavy atom. The van der Waals surface area contributed by atoms with Crippen molar-refractivity contribution in [2.45, 2.75) is 13.3 Å². The lowest BCUT2D eigenvalue weighted by molar-refractivity contribution is -0.136. The maximum absolute atomic E-state index is 11.1. The number of hydrogen-bond acceptors (Lipinski definition) is 6. The molecule has 2 N–H and O–H groups in total. The van der Waals surface area contributed by atoms with E-state index in [0.29, 0.717) is 35.1 Å². The van der Waals surface area contributed by atoms with Crippen LogP contribution in [0.25, 0.3) is 5.70 Å². The maximum atomic E-state index is 11.1. The third kappa shape index (κ3) is 6.78. The minimum absolute atomic E-state index is 0.136. The van der Waals surface area contributed by atoms with Crippen LogP contribution in [0.2, 0.25) is 0 Å². The molecule has 3 aromatic carbocycles. The summed E-state index contributed by atoms with van der Waals surface area (Å²) in [6, 6.07) is 22.0. The van der Waals surface area contributed by atoms with E-state index in [1.54, 1.807) is 18.2 Å². The number of nitrogens with one attached hydrogen (secondary N) is 1. The second kappa shape index (κ2) is 11.4. The molecule has 7 nitrogen and oxygen atoms in total. The molecule has 3 aromatic rings. The van der Waals surface area contributed by atoms with Crippen molar-refractivity contribution in [3.05, 3.63) is 90.2 Å². The normalized spacial score (nSPS) is 11.0. The van der Waals surface area contributed by atoms with Crippen molar-refractivity contribution in [1.82, 2.24) is 5.48 Å². The fourth-order valence-electron chi connectivity index (χ4n) is 2.97. The van der Waals surface area contributed by atoms with Crippen molar-refractivity contribution < 1.29 is 28.9 Å². The fraction of sp³-hybridized carbons (Fsp3) is 0.160. The summed E-state index contributed by atoms with van der Waals surface area (Å²) in [5.74, 6) is 1.43. The zero-order valence-corrected chi connectivity index (χ0v) is 17.9. The number of rotatable bonds is 11. The molecule has 0 radical (unpaired) electrons. The molecule has 32 heavy (non-hydrogen) atoms. The van der Waals surface area contributed by atoms with Crippen LogP contribution in [0, 0.1) is 0 Å². The van der Waals surface area contributed by atoms with Crippen molar-refractivity contribution in [3.8, 4) is 23.0 Å². The Balaban J connectivity index is 1.84. The number of carbonyl (C=O) groups is 1. The minimum Gasteiger partial charge on any atom is -0.494 e. The molecule has 3 rings (SSSR count). The van der Waals surface area contributed by atoms with E-state index in [4.69, 9.17) is 24.2 Å². The van der Waals surface area contributed by atoms with Gasteiger partial charge in [0.05, 0.1) is 20.1 Å². The van der Waals surface area contributed by atoms with Gasteiger partial charge < -0.3 is 19.3 Å². The highest BCUT2D eigenvalue weighted by Crippen LogP contribution is 2.27. The van der Waals surface area contributed by atoms with Gasteiger partial charge in [-0.05, 0) is 48.9 Å². The molecule has 0 saturated carbocycles. The number of aliphatic carboxylic acids is 1. The topological polar surface area (TPSA) is 86.3 Å². The van der Waals surface area contributed by atoms with Gasteiger partial charge in [0.1, 0.15) is 35.0 Å². The molecule has 0 spiro atoms. The highest BCUT2D eigenvalue weighted by atomic mass is 16.6. The van der Waals surface area contributed by atoms with Crippen LogP contribution < -0.4 is 19.7 Å². The number of para-hydroxylation sites is 1. The SMILES string of the molecule is CCOc1cc(CC(=O)O)cc(OC=C(NOC)c2cccc(Oc3ccccc3)c2)c1. The highest BCUT2D eigenvalue weighted by molar-refractivity contribution is 5.70. The van der Waals surface area contributed by atoms with E-state index >= 15 is 0 Å². The number of hydrogen-bond donors (Lipinski definition) is 2. The first-order chi connectivity index (χ1) is 15.6. The Hall–Kier alpha value is -3.97. The van der Waals surface area contributed by atoms with Crippen molar-refractivity contribution in [2.24, 2.45) is 0 Å². The Morgan fingerprint density at radius 1 is 0.938 bits per heavy atom. The van der Waals surface area contributed by atoms with E-state index in [-0.39, 0.29) is 6.42 Å². The monoisotopic (exact) mass is 435 g/mol. The first-order valence-electron chi connectivity index (χ1n) is 10.0. The summed E-state index contributed by atoms with van der Waals surface area (Å²) in [4.78, 5) is 16.2. The van der Waals surface area contributed by atoms with Gasteiger partial charge in [-0.15, -0.1) is 0 Å². The molecule has 0 bridgehead atoms. The van der Waals surface area contributed by atoms with E-state index in [1.807, 2.05) is 61.5 Å². The van der Waals surface area contributed by atoms with Gasteiger partial charge in [0.15, 0.2) is 0 Å². The Labute approximate surface area is 186 Å². The highest BCUT2D eigenvalue weighted by Gasteiger charge is 2.09. The third-order valence-electron chi connectivity index (χ3n) is 4.26. The second-order valence-corrected chi connectivity index (χ2v) is 6.71. The lowest BCUT2D eigenvalue weighted by Crippen LogP contribution is -2.11. The summed E-state index contributed by atoms with van der Waals surface area (Å²) >= 11 is 0. The quantitative estimate of drug-likeness (QED) is 0.323. The van der Waals surface area contributed by atoms with Gasteiger partial charge >= 0.3 is 5.97 Å². The summed E-state index contributed by atoms with van der Waals surface area (Å²) in [5.41, 5.74) is 4.70. The van der Waals surface area contributed by atoms with Crippen molar-refractivity contribution >= 4 is 11.7 Å². The van der Waals surface area contributed by atoms with Crippen molar-refractivity contribution in [2.75, 3.05) is 13.7 Å². The summed E-state index contributed by atoms with van der Waals surface area (Å²) in [5, 5.41) is 9.12. The maximum Gasteiger partial charge on any atom is 0.307 e. The average Bonchev–Trinajstić information content (AvgIpc) is 2.77. The fourth-order valence-corrected chi connectivity index (χ4v) is 2.97. The molecule has 0 aliphatic heterocycles. The Kier molecular flexibility index (Phi) is 8.11. The molecule has 0 heterocycles. The van der Waals surface area contributed by atoms with Gasteiger partial charge in [0, 0.05) is 11.6 Å². The van der Waals surface area contributed by atoms with Gasteiger partial charge in [0.2, 0.25) is 0 Å². The standard InChI is InChI=1S/C25H25NO6/c1-3-30-22-12-18(14-25(27)28)13-23(16-22)31-17-24(26-29-2)19-8-7-11-21(15-19)32-20-9-5-4-6-10-20/h4-13,15-17,26H,3,14H2,1-2H3,(H,27,28). The van der Waals surface area contributed by atoms with Gasteiger partial charge in [-0.25, -0.2) is 0 Å². The van der Waals surface area contributed by atoms with Crippen molar-refractivity contribution in [1.29, 1.82) is 0 Å². The molecule has 0 aliphatic rings. The van der Waals surface area contributed by atoms with Crippen LogP contribution in [0.5, 0.6) is 23.0 Å². The van der Waals surface area contributed by atoms with Gasteiger partial charge in [-0.3, -0.25) is 15.1 Å².